The molecule has 1 aliphatic carbocycles. The molecular formula is C17H13BrClN. The number of rotatable bonds is 2. The fourth-order valence-corrected chi connectivity index (χ4v) is 3.71. The lowest BCUT2D eigenvalue weighted by atomic mass is 9.80. The average Bonchev–Trinajstić information content (AvgIpc) is 2.81. The second-order valence-corrected chi connectivity index (χ2v) is 6.75. The third-order valence-electron chi connectivity index (χ3n) is 3.96. The zero-order valence-corrected chi connectivity index (χ0v) is 13.2. The maximum atomic E-state index is 9.69. The Morgan fingerprint density at radius 1 is 1.15 bits per heavy atom. The van der Waals surface area contributed by atoms with Gasteiger partial charge in [0.1, 0.15) is 0 Å². The van der Waals surface area contributed by atoms with Crippen LogP contribution in [0.5, 0.6) is 0 Å². The van der Waals surface area contributed by atoms with Gasteiger partial charge >= 0.3 is 0 Å². The SMILES string of the molecule is N#CC1(Cc2ccc(Br)cc2Cl)Cc2ccccc2C1. The first-order valence-electron chi connectivity index (χ1n) is 6.54. The van der Waals surface area contributed by atoms with E-state index in [1.165, 1.54) is 11.1 Å². The Morgan fingerprint density at radius 2 is 1.80 bits per heavy atom. The second kappa shape index (κ2) is 5.24. The van der Waals surface area contributed by atoms with Crippen molar-refractivity contribution in [1.82, 2.24) is 0 Å². The minimum absolute atomic E-state index is 0.360. The number of benzene rings is 2. The van der Waals surface area contributed by atoms with Gasteiger partial charge in [-0.15, -0.1) is 0 Å². The van der Waals surface area contributed by atoms with E-state index >= 15 is 0 Å². The quantitative estimate of drug-likeness (QED) is 0.754. The first-order valence-corrected chi connectivity index (χ1v) is 7.71. The highest BCUT2D eigenvalue weighted by molar-refractivity contribution is 9.10. The van der Waals surface area contributed by atoms with Gasteiger partial charge in [0.15, 0.2) is 0 Å². The molecule has 2 aromatic carbocycles. The van der Waals surface area contributed by atoms with E-state index in [2.05, 4.69) is 34.1 Å². The molecule has 0 bridgehead atoms. The maximum absolute atomic E-state index is 9.69. The summed E-state index contributed by atoms with van der Waals surface area (Å²) in [4.78, 5) is 0. The highest BCUT2D eigenvalue weighted by Gasteiger charge is 2.37. The molecular weight excluding hydrogens is 334 g/mol. The van der Waals surface area contributed by atoms with Gasteiger partial charge in [0.25, 0.3) is 0 Å². The molecule has 0 fully saturated rings. The topological polar surface area (TPSA) is 23.8 Å². The van der Waals surface area contributed by atoms with Crippen molar-refractivity contribution >= 4 is 27.5 Å². The molecule has 0 aromatic heterocycles. The van der Waals surface area contributed by atoms with Crippen LogP contribution in [-0.2, 0) is 19.3 Å². The first-order chi connectivity index (χ1) is 9.62. The minimum Gasteiger partial charge on any atom is -0.198 e. The van der Waals surface area contributed by atoms with Gasteiger partial charge in [0, 0.05) is 9.50 Å². The number of nitrogens with zero attached hydrogens (tertiary/aromatic N) is 1. The van der Waals surface area contributed by atoms with Crippen molar-refractivity contribution in [2.45, 2.75) is 19.3 Å². The van der Waals surface area contributed by atoms with Crippen molar-refractivity contribution in [2.24, 2.45) is 5.41 Å². The fraction of sp³-hybridized carbons (Fsp3) is 0.235. The third-order valence-corrected chi connectivity index (χ3v) is 4.80. The molecule has 0 unspecified atom stereocenters. The van der Waals surface area contributed by atoms with E-state index in [0.29, 0.717) is 6.42 Å². The average molecular weight is 347 g/mol. The van der Waals surface area contributed by atoms with Gasteiger partial charge in [-0.3, -0.25) is 0 Å². The molecule has 0 amide bonds. The summed E-state index contributed by atoms with van der Waals surface area (Å²) in [6.07, 6.45) is 2.32. The van der Waals surface area contributed by atoms with Gasteiger partial charge in [-0.05, 0) is 48.1 Å². The third kappa shape index (κ3) is 2.49. The van der Waals surface area contributed by atoms with Crippen LogP contribution in [-0.4, -0.2) is 0 Å². The van der Waals surface area contributed by atoms with Crippen LogP contribution in [0.15, 0.2) is 46.9 Å². The Kier molecular flexibility index (Phi) is 3.58. The van der Waals surface area contributed by atoms with E-state index in [0.717, 1.165) is 27.9 Å². The monoisotopic (exact) mass is 345 g/mol. The molecule has 0 heterocycles. The molecule has 0 saturated carbocycles. The van der Waals surface area contributed by atoms with Crippen LogP contribution in [0, 0.1) is 16.7 Å². The Bertz CT molecular complexity index is 677. The van der Waals surface area contributed by atoms with E-state index < -0.39 is 0 Å². The lowest BCUT2D eigenvalue weighted by Gasteiger charge is -2.21. The Morgan fingerprint density at radius 3 is 2.35 bits per heavy atom. The van der Waals surface area contributed by atoms with Crippen molar-refractivity contribution in [1.29, 1.82) is 5.26 Å². The van der Waals surface area contributed by atoms with Crippen LogP contribution >= 0.6 is 27.5 Å². The van der Waals surface area contributed by atoms with Gasteiger partial charge < -0.3 is 0 Å². The van der Waals surface area contributed by atoms with Crippen LogP contribution in [0.3, 0.4) is 0 Å². The molecule has 100 valence electrons. The molecule has 0 aliphatic heterocycles. The van der Waals surface area contributed by atoms with Gasteiger partial charge in [-0.25, -0.2) is 0 Å². The molecule has 0 saturated heterocycles. The summed E-state index contributed by atoms with van der Waals surface area (Å²) in [6, 6.07) is 16.8. The summed E-state index contributed by atoms with van der Waals surface area (Å²) in [7, 11) is 0. The molecule has 1 aliphatic rings. The van der Waals surface area contributed by atoms with E-state index in [1.807, 2.05) is 30.3 Å². The normalized spacial score (nSPS) is 15.7. The van der Waals surface area contributed by atoms with E-state index in [-0.39, 0.29) is 5.41 Å². The lowest BCUT2D eigenvalue weighted by Crippen LogP contribution is -2.22. The number of hydrogen-bond acceptors (Lipinski definition) is 1. The molecule has 1 nitrogen and oxygen atoms in total. The predicted molar refractivity (Wildman–Crippen MR) is 84.8 cm³/mol. The van der Waals surface area contributed by atoms with E-state index in [1.54, 1.807) is 0 Å². The Labute approximate surface area is 132 Å². The highest BCUT2D eigenvalue weighted by atomic mass is 79.9. The van der Waals surface area contributed by atoms with Crippen molar-refractivity contribution in [2.75, 3.05) is 0 Å². The largest absolute Gasteiger partial charge is 0.198 e. The summed E-state index contributed by atoms with van der Waals surface area (Å²) in [5, 5.41) is 10.4. The molecule has 0 N–H and O–H groups in total. The van der Waals surface area contributed by atoms with Gasteiger partial charge in [-0.1, -0.05) is 57.9 Å². The smallest absolute Gasteiger partial charge is 0.0700 e. The molecule has 3 rings (SSSR count). The molecule has 0 spiro atoms. The minimum atomic E-state index is -0.360. The lowest BCUT2D eigenvalue weighted by molar-refractivity contribution is 0.418. The van der Waals surface area contributed by atoms with Gasteiger partial charge in [-0.2, -0.15) is 5.26 Å². The van der Waals surface area contributed by atoms with Crippen molar-refractivity contribution in [3.63, 3.8) is 0 Å². The Hall–Kier alpha value is -1.30. The highest BCUT2D eigenvalue weighted by Crippen LogP contribution is 2.40. The number of fused-ring (bicyclic) bond motifs is 1. The summed E-state index contributed by atoms with van der Waals surface area (Å²) in [5.74, 6) is 0. The van der Waals surface area contributed by atoms with Crippen LogP contribution in [0.1, 0.15) is 16.7 Å². The van der Waals surface area contributed by atoms with E-state index in [9.17, 15) is 5.26 Å². The summed E-state index contributed by atoms with van der Waals surface area (Å²) < 4.78 is 0.965. The predicted octanol–water partition coefficient (Wildman–Crippen LogP) is 4.95. The van der Waals surface area contributed by atoms with E-state index in [4.69, 9.17) is 11.6 Å². The van der Waals surface area contributed by atoms with Gasteiger partial charge in [0.05, 0.1) is 11.5 Å². The zero-order chi connectivity index (χ0) is 14.2. The molecule has 2 aromatic rings. The van der Waals surface area contributed by atoms with Crippen LogP contribution in [0.4, 0.5) is 0 Å². The van der Waals surface area contributed by atoms with Crippen molar-refractivity contribution in [3.8, 4) is 6.07 Å². The first kappa shape index (κ1) is 13.7. The number of nitriles is 1. The maximum Gasteiger partial charge on any atom is 0.0700 e. The molecule has 0 radical (unpaired) electrons. The number of halogens is 2. The number of hydrogen-bond donors (Lipinski definition) is 0. The zero-order valence-electron chi connectivity index (χ0n) is 10.9. The van der Waals surface area contributed by atoms with Crippen LogP contribution in [0.2, 0.25) is 5.02 Å². The van der Waals surface area contributed by atoms with Crippen molar-refractivity contribution in [3.05, 3.63) is 68.7 Å². The fourth-order valence-electron chi connectivity index (χ4n) is 2.97. The molecule has 3 heteroatoms. The van der Waals surface area contributed by atoms with Crippen molar-refractivity contribution < 1.29 is 0 Å². The second-order valence-electron chi connectivity index (χ2n) is 5.43. The summed E-state index contributed by atoms with van der Waals surface area (Å²) >= 11 is 9.71. The molecule has 0 atom stereocenters. The summed E-state index contributed by atoms with van der Waals surface area (Å²) in [5.41, 5.74) is 3.27. The standard InChI is InChI=1S/C17H13BrClN/c18-15-6-5-14(16(19)7-15)10-17(11-20)8-12-3-1-2-4-13(12)9-17/h1-7H,8-10H2. The summed E-state index contributed by atoms with van der Waals surface area (Å²) in [6.45, 7) is 0. The van der Waals surface area contributed by atoms with Crippen LogP contribution in [0.25, 0.3) is 0 Å². The molecule has 20 heavy (non-hydrogen) atoms. The Balaban J connectivity index is 1.92. The van der Waals surface area contributed by atoms with Crippen LogP contribution < -0.4 is 0 Å². The van der Waals surface area contributed by atoms with Gasteiger partial charge in [0.2, 0.25) is 0 Å².